The highest BCUT2D eigenvalue weighted by Gasteiger charge is 2.34. The number of methoxy groups -OCH3 is 1. The van der Waals surface area contributed by atoms with E-state index in [0.29, 0.717) is 35.4 Å². The van der Waals surface area contributed by atoms with Crippen molar-refractivity contribution in [1.29, 1.82) is 0 Å². The van der Waals surface area contributed by atoms with Gasteiger partial charge in [0, 0.05) is 23.9 Å². The van der Waals surface area contributed by atoms with Gasteiger partial charge < -0.3 is 19.7 Å². The SMILES string of the molecule is COC(=O)N1C[C@@H](Oc2ccc3c(Nc4cccc(Cl)c4F)ncnc3c2)C[C@H]1C. The number of hydrogen-bond acceptors (Lipinski definition) is 6. The summed E-state index contributed by atoms with van der Waals surface area (Å²) in [5.74, 6) is 0.542. The third-order valence-electron chi connectivity index (χ3n) is 5.06. The molecule has 1 aromatic heterocycles. The third kappa shape index (κ3) is 3.95. The molecule has 0 unspecified atom stereocenters. The summed E-state index contributed by atoms with van der Waals surface area (Å²) in [7, 11) is 1.37. The van der Waals surface area contributed by atoms with Crippen LogP contribution in [0, 0.1) is 5.82 Å². The molecule has 1 aliphatic heterocycles. The lowest BCUT2D eigenvalue weighted by Crippen LogP contribution is -2.34. The van der Waals surface area contributed by atoms with Crippen molar-refractivity contribution in [2.45, 2.75) is 25.5 Å². The number of aromatic nitrogens is 2. The first kappa shape index (κ1) is 20.2. The monoisotopic (exact) mass is 430 g/mol. The van der Waals surface area contributed by atoms with E-state index in [9.17, 15) is 9.18 Å². The van der Waals surface area contributed by atoms with Crippen LogP contribution in [0.25, 0.3) is 10.9 Å². The van der Waals surface area contributed by atoms with Crippen LogP contribution in [-0.2, 0) is 4.74 Å². The van der Waals surface area contributed by atoms with Crippen molar-refractivity contribution in [3.63, 3.8) is 0 Å². The molecule has 2 heterocycles. The molecule has 1 amide bonds. The van der Waals surface area contributed by atoms with Gasteiger partial charge in [0.05, 0.1) is 29.9 Å². The van der Waals surface area contributed by atoms with Gasteiger partial charge in [-0.3, -0.25) is 0 Å². The molecule has 1 aliphatic rings. The van der Waals surface area contributed by atoms with Crippen molar-refractivity contribution in [2.75, 3.05) is 19.0 Å². The molecule has 0 bridgehead atoms. The maximum atomic E-state index is 14.2. The third-order valence-corrected chi connectivity index (χ3v) is 5.35. The number of ether oxygens (including phenoxy) is 2. The van der Waals surface area contributed by atoms with E-state index in [2.05, 4.69) is 15.3 Å². The lowest BCUT2D eigenvalue weighted by atomic mass is 10.2. The zero-order chi connectivity index (χ0) is 21.3. The topological polar surface area (TPSA) is 76.6 Å². The average Bonchev–Trinajstić information content (AvgIpc) is 3.10. The first-order valence-corrected chi connectivity index (χ1v) is 9.81. The van der Waals surface area contributed by atoms with Crippen LogP contribution in [0.15, 0.2) is 42.7 Å². The van der Waals surface area contributed by atoms with E-state index in [0.717, 1.165) is 0 Å². The van der Waals surface area contributed by atoms with E-state index in [4.69, 9.17) is 21.1 Å². The van der Waals surface area contributed by atoms with Gasteiger partial charge in [-0.15, -0.1) is 0 Å². The van der Waals surface area contributed by atoms with Crippen LogP contribution in [-0.4, -0.2) is 46.8 Å². The zero-order valence-electron chi connectivity index (χ0n) is 16.4. The standard InChI is InChI=1S/C21H20ClFN4O3/c1-12-8-14(10-27(12)21(28)29-2)30-13-6-7-15-18(9-13)24-11-25-20(15)26-17-5-3-4-16(22)19(17)23/h3-7,9,11-12,14H,8,10H2,1-2H3,(H,24,25,26)/t12-,14+/m1/s1. The highest BCUT2D eigenvalue weighted by atomic mass is 35.5. The molecule has 1 fully saturated rings. The molecule has 1 N–H and O–H groups in total. The fourth-order valence-electron chi connectivity index (χ4n) is 3.57. The van der Waals surface area contributed by atoms with Crippen molar-refractivity contribution in [3.8, 4) is 5.75 Å². The second-order valence-corrected chi connectivity index (χ2v) is 7.48. The number of nitrogens with zero attached hydrogens (tertiary/aromatic N) is 3. The van der Waals surface area contributed by atoms with Gasteiger partial charge in [0.25, 0.3) is 0 Å². The molecule has 9 heteroatoms. The summed E-state index contributed by atoms with van der Waals surface area (Å²) in [6.45, 7) is 2.41. The summed E-state index contributed by atoms with van der Waals surface area (Å²) in [6.07, 6.45) is 1.60. The first-order chi connectivity index (χ1) is 14.5. The number of benzene rings is 2. The number of nitrogens with one attached hydrogen (secondary N) is 1. The summed E-state index contributed by atoms with van der Waals surface area (Å²) >= 11 is 5.85. The van der Waals surface area contributed by atoms with E-state index in [-0.39, 0.29) is 28.9 Å². The molecule has 156 valence electrons. The van der Waals surface area contributed by atoms with E-state index >= 15 is 0 Å². The normalized spacial score (nSPS) is 18.5. The minimum Gasteiger partial charge on any atom is -0.488 e. The van der Waals surface area contributed by atoms with Gasteiger partial charge in [-0.05, 0) is 31.2 Å². The number of amides is 1. The van der Waals surface area contributed by atoms with Crippen LogP contribution >= 0.6 is 11.6 Å². The molecule has 1 saturated heterocycles. The average molecular weight is 431 g/mol. The Bertz CT molecular complexity index is 1100. The number of carbonyl (C=O) groups excluding carboxylic acids is 1. The molecule has 4 rings (SSSR count). The zero-order valence-corrected chi connectivity index (χ0v) is 17.2. The Morgan fingerprint density at radius 3 is 2.93 bits per heavy atom. The smallest absolute Gasteiger partial charge is 0.409 e. The minimum atomic E-state index is -0.545. The van der Waals surface area contributed by atoms with Crippen molar-refractivity contribution < 1.29 is 18.7 Å². The molecule has 0 radical (unpaired) electrons. The number of likely N-dealkylation sites (tertiary alicyclic amines) is 1. The molecule has 0 aliphatic carbocycles. The molecule has 2 atom stereocenters. The molecule has 0 saturated carbocycles. The Morgan fingerprint density at radius 1 is 1.30 bits per heavy atom. The number of hydrogen-bond donors (Lipinski definition) is 1. The second-order valence-electron chi connectivity index (χ2n) is 7.07. The quantitative estimate of drug-likeness (QED) is 0.642. The van der Waals surface area contributed by atoms with Crippen molar-refractivity contribution in [1.82, 2.24) is 14.9 Å². The summed E-state index contributed by atoms with van der Waals surface area (Å²) < 4.78 is 25.1. The summed E-state index contributed by atoms with van der Waals surface area (Å²) in [5, 5.41) is 3.71. The number of halogens is 2. The van der Waals surface area contributed by atoms with Gasteiger partial charge in [-0.2, -0.15) is 0 Å². The van der Waals surface area contributed by atoms with E-state index in [1.807, 2.05) is 13.0 Å². The fraction of sp³-hybridized carbons (Fsp3) is 0.286. The molecular weight excluding hydrogens is 411 g/mol. The van der Waals surface area contributed by atoms with Gasteiger partial charge in [-0.25, -0.2) is 19.2 Å². The predicted molar refractivity (Wildman–Crippen MR) is 112 cm³/mol. The van der Waals surface area contributed by atoms with Gasteiger partial charge in [0.2, 0.25) is 0 Å². The summed E-state index contributed by atoms with van der Waals surface area (Å²) in [6, 6.07) is 10.2. The van der Waals surface area contributed by atoms with Crippen LogP contribution in [0.5, 0.6) is 5.75 Å². The van der Waals surface area contributed by atoms with Crippen LogP contribution in [0.1, 0.15) is 13.3 Å². The first-order valence-electron chi connectivity index (χ1n) is 9.43. The van der Waals surface area contributed by atoms with Gasteiger partial charge in [0.15, 0.2) is 5.82 Å². The fourth-order valence-corrected chi connectivity index (χ4v) is 3.74. The Hall–Kier alpha value is -3.13. The van der Waals surface area contributed by atoms with Crippen LogP contribution in [0.3, 0.4) is 0 Å². The van der Waals surface area contributed by atoms with Crippen LogP contribution in [0.4, 0.5) is 20.7 Å². The van der Waals surface area contributed by atoms with Gasteiger partial charge in [-0.1, -0.05) is 17.7 Å². The summed E-state index contributed by atoms with van der Waals surface area (Å²) in [5.41, 5.74) is 0.869. The molecule has 0 spiro atoms. The molecule has 7 nitrogen and oxygen atoms in total. The Labute approximate surface area is 177 Å². The van der Waals surface area contributed by atoms with Gasteiger partial charge in [0.1, 0.15) is 24.0 Å². The van der Waals surface area contributed by atoms with Crippen molar-refractivity contribution >= 4 is 40.1 Å². The number of carbonyl (C=O) groups is 1. The van der Waals surface area contributed by atoms with E-state index in [1.54, 1.807) is 29.2 Å². The minimum absolute atomic E-state index is 0.0286. The number of anilines is 2. The lowest BCUT2D eigenvalue weighted by molar-refractivity contribution is 0.117. The predicted octanol–water partition coefficient (Wildman–Crippen LogP) is 4.77. The number of rotatable bonds is 4. The van der Waals surface area contributed by atoms with Crippen LogP contribution < -0.4 is 10.1 Å². The molecular formula is C21H20ClFN4O3. The second kappa shape index (κ2) is 8.31. The Balaban J connectivity index is 1.54. The van der Waals surface area contributed by atoms with E-state index < -0.39 is 5.82 Å². The molecule has 30 heavy (non-hydrogen) atoms. The van der Waals surface area contributed by atoms with E-state index in [1.165, 1.54) is 19.5 Å². The highest BCUT2D eigenvalue weighted by Crippen LogP contribution is 2.30. The maximum Gasteiger partial charge on any atom is 0.409 e. The number of fused-ring (bicyclic) bond motifs is 1. The Morgan fingerprint density at radius 2 is 2.13 bits per heavy atom. The molecule has 2 aromatic carbocycles. The largest absolute Gasteiger partial charge is 0.488 e. The summed E-state index contributed by atoms with van der Waals surface area (Å²) in [4.78, 5) is 22.0. The van der Waals surface area contributed by atoms with Crippen molar-refractivity contribution in [3.05, 3.63) is 53.6 Å². The molecule has 3 aromatic rings. The Kier molecular flexibility index (Phi) is 5.59. The maximum absolute atomic E-state index is 14.2. The van der Waals surface area contributed by atoms with Crippen LogP contribution in [0.2, 0.25) is 5.02 Å². The lowest BCUT2D eigenvalue weighted by Gasteiger charge is -2.19. The highest BCUT2D eigenvalue weighted by molar-refractivity contribution is 6.31. The van der Waals surface area contributed by atoms with Gasteiger partial charge >= 0.3 is 6.09 Å². The van der Waals surface area contributed by atoms with Crippen molar-refractivity contribution in [2.24, 2.45) is 0 Å².